The highest BCUT2D eigenvalue weighted by atomic mass is 16.7. The largest absolute Gasteiger partial charge is 0.493 e. The first-order chi connectivity index (χ1) is 16.2. The number of hydrogen-bond donors (Lipinski definition) is 0. The maximum atomic E-state index is 13.0. The number of hydrogen-bond acceptors (Lipinski definition) is 7. The minimum absolute atomic E-state index is 0.166. The molecular weight excluding hydrogens is 424 g/mol. The minimum atomic E-state index is -0.368. The van der Waals surface area contributed by atoms with E-state index in [1.807, 2.05) is 30.3 Å². The number of rotatable bonds is 8. The number of carbonyl (C=O) groups is 1. The highest BCUT2D eigenvalue weighted by molar-refractivity contribution is 6.14. The highest BCUT2D eigenvalue weighted by Gasteiger charge is 2.33. The second-order valence-corrected chi connectivity index (χ2v) is 8.01. The summed E-state index contributed by atoms with van der Waals surface area (Å²) in [6, 6.07) is 9.46. The van der Waals surface area contributed by atoms with Gasteiger partial charge in [-0.25, -0.2) is 4.79 Å². The maximum Gasteiger partial charge on any atom is 0.339 e. The van der Waals surface area contributed by atoms with Crippen molar-refractivity contribution in [3.05, 3.63) is 41.5 Å². The van der Waals surface area contributed by atoms with Crippen LogP contribution in [-0.4, -0.2) is 33.6 Å². The van der Waals surface area contributed by atoms with Crippen LogP contribution in [0.1, 0.15) is 42.1 Å². The lowest BCUT2D eigenvalue weighted by molar-refractivity contribution is 0.0534. The smallest absolute Gasteiger partial charge is 0.339 e. The van der Waals surface area contributed by atoms with E-state index in [0.717, 1.165) is 46.7 Å². The summed E-state index contributed by atoms with van der Waals surface area (Å²) in [7, 11) is 3.19. The summed E-state index contributed by atoms with van der Waals surface area (Å²) in [4.78, 5) is 13.0. The van der Waals surface area contributed by atoms with E-state index in [0.29, 0.717) is 40.9 Å². The van der Waals surface area contributed by atoms with Crippen molar-refractivity contribution < 1.29 is 33.2 Å². The number of carbonyl (C=O) groups excluding carboxylic acids is 1. The Morgan fingerprint density at radius 3 is 2.39 bits per heavy atom. The van der Waals surface area contributed by atoms with Gasteiger partial charge in [-0.15, -0.1) is 0 Å². The lowest BCUT2D eigenvalue weighted by Gasteiger charge is -2.19. The van der Waals surface area contributed by atoms with Crippen molar-refractivity contribution in [1.29, 1.82) is 0 Å². The third-order valence-corrected chi connectivity index (χ3v) is 6.07. The molecule has 7 heteroatoms. The van der Waals surface area contributed by atoms with Gasteiger partial charge in [0, 0.05) is 16.5 Å². The topological polar surface area (TPSA) is 72.5 Å². The third-order valence-electron chi connectivity index (χ3n) is 6.07. The summed E-state index contributed by atoms with van der Waals surface area (Å²) in [5.41, 5.74) is 2.84. The van der Waals surface area contributed by atoms with E-state index in [1.165, 1.54) is 0 Å². The average molecular weight is 450 g/mol. The fourth-order valence-corrected chi connectivity index (χ4v) is 4.45. The number of methoxy groups -OCH3 is 2. The number of unbranched alkanes of at least 4 members (excludes halogenated alkanes) is 2. The van der Waals surface area contributed by atoms with E-state index in [1.54, 1.807) is 14.2 Å². The van der Waals surface area contributed by atoms with Crippen molar-refractivity contribution in [3.8, 4) is 39.9 Å². The van der Waals surface area contributed by atoms with Gasteiger partial charge in [0.1, 0.15) is 12.4 Å². The van der Waals surface area contributed by atoms with Crippen LogP contribution in [-0.2, 0) is 11.3 Å². The number of esters is 1. The van der Waals surface area contributed by atoms with Crippen LogP contribution in [0.3, 0.4) is 0 Å². The van der Waals surface area contributed by atoms with E-state index in [2.05, 4.69) is 6.92 Å². The van der Waals surface area contributed by atoms with Gasteiger partial charge in [0.15, 0.2) is 23.0 Å². The van der Waals surface area contributed by atoms with Gasteiger partial charge >= 0.3 is 5.97 Å². The van der Waals surface area contributed by atoms with Crippen LogP contribution >= 0.6 is 0 Å². The van der Waals surface area contributed by atoms with Crippen LogP contribution < -0.4 is 23.7 Å². The standard InChI is InChI=1S/C26H26O7/c1-4-5-6-9-30-25-17-12-21(29-3)20(28-2)11-16(17)23(24-18(25)13-31-26(24)27)15-7-8-19-22(10-15)33-14-32-19/h7-8,10-12H,4-6,9,13-14H2,1-3H3. The lowest BCUT2D eigenvalue weighted by Crippen LogP contribution is -2.05. The molecular formula is C26H26O7. The second-order valence-electron chi connectivity index (χ2n) is 8.01. The van der Waals surface area contributed by atoms with Crippen molar-refractivity contribution in [2.75, 3.05) is 27.6 Å². The molecule has 172 valence electrons. The van der Waals surface area contributed by atoms with Crippen molar-refractivity contribution in [2.24, 2.45) is 0 Å². The molecule has 2 aliphatic heterocycles. The predicted molar refractivity (Wildman–Crippen MR) is 123 cm³/mol. The first kappa shape index (κ1) is 21.2. The second kappa shape index (κ2) is 8.73. The van der Waals surface area contributed by atoms with Gasteiger partial charge in [0.05, 0.1) is 26.4 Å². The molecule has 7 nitrogen and oxygen atoms in total. The van der Waals surface area contributed by atoms with Gasteiger partial charge in [-0.1, -0.05) is 25.8 Å². The summed E-state index contributed by atoms with van der Waals surface area (Å²) >= 11 is 0. The molecule has 0 bridgehead atoms. The molecule has 0 amide bonds. The molecule has 0 aromatic heterocycles. The molecule has 3 aromatic carbocycles. The Kier molecular flexibility index (Phi) is 5.62. The minimum Gasteiger partial charge on any atom is -0.493 e. The van der Waals surface area contributed by atoms with Gasteiger partial charge in [-0.05, 0) is 41.6 Å². The molecule has 5 rings (SSSR count). The van der Waals surface area contributed by atoms with E-state index in [-0.39, 0.29) is 19.4 Å². The number of fused-ring (bicyclic) bond motifs is 3. The Bertz CT molecular complexity index is 1230. The fourth-order valence-electron chi connectivity index (χ4n) is 4.45. The van der Waals surface area contributed by atoms with Gasteiger partial charge < -0.3 is 28.4 Å². The zero-order valence-corrected chi connectivity index (χ0v) is 19.0. The van der Waals surface area contributed by atoms with Crippen LogP contribution in [0, 0.1) is 0 Å². The van der Waals surface area contributed by atoms with Crippen LogP contribution in [0.5, 0.6) is 28.7 Å². The summed E-state index contributed by atoms with van der Waals surface area (Å²) in [6.07, 6.45) is 3.10. The number of ether oxygens (including phenoxy) is 6. The Morgan fingerprint density at radius 1 is 0.879 bits per heavy atom. The quantitative estimate of drug-likeness (QED) is 0.332. The average Bonchev–Trinajstić information content (AvgIpc) is 3.46. The Labute approximate surface area is 192 Å². The van der Waals surface area contributed by atoms with Crippen LogP contribution in [0.15, 0.2) is 30.3 Å². The zero-order chi connectivity index (χ0) is 22.9. The van der Waals surface area contributed by atoms with E-state index in [4.69, 9.17) is 28.4 Å². The van der Waals surface area contributed by atoms with E-state index in [9.17, 15) is 4.79 Å². The van der Waals surface area contributed by atoms with Crippen LogP contribution in [0.25, 0.3) is 21.9 Å². The predicted octanol–water partition coefficient (Wildman–Crippen LogP) is 5.49. The van der Waals surface area contributed by atoms with Crippen molar-refractivity contribution >= 4 is 16.7 Å². The molecule has 0 saturated carbocycles. The molecule has 2 aliphatic rings. The molecule has 0 radical (unpaired) electrons. The van der Waals surface area contributed by atoms with Gasteiger partial charge in [-0.3, -0.25) is 0 Å². The first-order valence-corrected chi connectivity index (χ1v) is 11.1. The third kappa shape index (κ3) is 3.57. The van der Waals surface area contributed by atoms with E-state index >= 15 is 0 Å². The molecule has 0 atom stereocenters. The molecule has 33 heavy (non-hydrogen) atoms. The summed E-state index contributed by atoms with van der Waals surface area (Å²) in [5, 5.41) is 1.66. The highest BCUT2D eigenvalue weighted by Crippen LogP contribution is 2.49. The monoisotopic (exact) mass is 450 g/mol. The molecule has 0 fully saturated rings. The van der Waals surface area contributed by atoms with Crippen LogP contribution in [0.2, 0.25) is 0 Å². The normalized spacial score (nSPS) is 13.7. The van der Waals surface area contributed by atoms with Gasteiger partial charge in [-0.2, -0.15) is 0 Å². The molecule has 3 aromatic rings. The van der Waals surface area contributed by atoms with Crippen molar-refractivity contribution in [1.82, 2.24) is 0 Å². The van der Waals surface area contributed by atoms with Crippen LogP contribution in [0.4, 0.5) is 0 Å². The Morgan fingerprint density at radius 2 is 1.64 bits per heavy atom. The van der Waals surface area contributed by atoms with Gasteiger partial charge in [0.2, 0.25) is 6.79 Å². The lowest BCUT2D eigenvalue weighted by atomic mass is 9.89. The Hall–Kier alpha value is -3.61. The SMILES string of the molecule is CCCCCOc1c2c(c(-c3ccc4c(c3)OCO4)c3cc(OC)c(OC)cc13)C(=O)OC2. The van der Waals surface area contributed by atoms with Gasteiger partial charge in [0.25, 0.3) is 0 Å². The molecule has 0 aliphatic carbocycles. The van der Waals surface area contributed by atoms with Crippen molar-refractivity contribution in [3.63, 3.8) is 0 Å². The summed E-state index contributed by atoms with van der Waals surface area (Å²) in [5.74, 6) is 2.76. The van der Waals surface area contributed by atoms with Crippen molar-refractivity contribution in [2.45, 2.75) is 32.8 Å². The molecule has 0 saturated heterocycles. The summed E-state index contributed by atoms with van der Waals surface area (Å²) in [6.45, 7) is 3.05. The number of benzene rings is 3. The fraction of sp³-hybridized carbons (Fsp3) is 0.346. The zero-order valence-electron chi connectivity index (χ0n) is 19.0. The number of cyclic esters (lactones) is 1. The van der Waals surface area contributed by atoms with E-state index < -0.39 is 0 Å². The maximum absolute atomic E-state index is 13.0. The molecule has 2 heterocycles. The molecule has 0 spiro atoms. The summed E-state index contributed by atoms with van der Waals surface area (Å²) < 4.78 is 34.0. The Balaban J connectivity index is 1.79. The first-order valence-electron chi connectivity index (χ1n) is 11.1. The molecule has 0 unspecified atom stereocenters. The molecule has 0 N–H and O–H groups in total.